The van der Waals surface area contributed by atoms with E-state index in [9.17, 15) is 13.2 Å². The molecule has 1 aromatic carbocycles. The molecule has 1 saturated heterocycles. The molecule has 11 heteroatoms. The van der Waals surface area contributed by atoms with Crippen molar-refractivity contribution >= 4 is 27.6 Å². The molecule has 1 N–H and O–H groups in total. The fraction of sp³-hybridized carbons (Fsp3) is 0.381. The number of hydrogen-bond acceptors (Lipinski definition) is 7. The highest BCUT2D eigenvalue weighted by atomic mass is 32.2. The number of ketones is 1. The van der Waals surface area contributed by atoms with Crippen LogP contribution < -0.4 is 0 Å². The molecule has 32 heavy (non-hydrogen) atoms. The van der Waals surface area contributed by atoms with Gasteiger partial charge < -0.3 is 9.30 Å². The SMILES string of the molecule is Cc1nc(SCC(=O)c2cc(C)n(-c3cccc(S(=O)(=O)N4CCOCC4)c3)c2C)n[nH]1. The molecule has 1 aliphatic rings. The highest BCUT2D eigenvalue weighted by Gasteiger charge is 2.27. The first-order valence-corrected chi connectivity index (χ1v) is 12.6. The molecule has 0 unspecified atom stereocenters. The van der Waals surface area contributed by atoms with Crippen LogP contribution in [-0.4, -0.2) is 70.3 Å². The van der Waals surface area contributed by atoms with E-state index in [0.717, 1.165) is 11.4 Å². The van der Waals surface area contributed by atoms with Crippen molar-refractivity contribution in [1.82, 2.24) is 24.1 Å². The average molecular weight is 476 g/mol. The van der Waals surface area contributed by atoms with E-state index in [0.29, 0.717) is 48.5 Å². The molecule has 0 saturated carbocycles. The third-order valence-corrected chi connectivity index (χ3v) is 8.07. The van der Waals surface area contributed by atoms with Gasteiger partial charge in [-0.3, -0.25) is 9.89 Å². The molecule has 0 atom stereocenters. The molecule has 3 heterocycles. The van der Waals surface area contributed by atoms with Gasteiger partial charge in [0.2, 0.25) is 15.2 Å². The lowest BCUT2D eigenvalue weighted by Gasteiger charge is -2.26. The first kappa shape index (κ1) is 22.7. The predicted molar refractivity (Wildman–Crippen MR) is 121 cm³/mol. The van der Waals surface area contributed by atoms with E-state index < -0.39 is 10.0 Å². The van der Waals surface area contributed by atoms with Gasteiger partial charge in [0.1, 0.15) is 5.82 Å². The zero-order valence-electron chi connectivity index (χ0n) is 18.2. The maximum absolute atomic E-state index is 13.1. The largest absolute Gasteiger partial charge is 0.379 e. The third kappa shape index (κ3) is 4.51. The summed E-state index contributed by atoms with van der Waals surface area (Å²) in [5, 5.41) is 7.34. The van der Waals surface area contributed by atoms with Crippen LogP contribution in [0.5, 0.6) is 0 Å². The number of aromatic nitrogens is 4. The van der Waals surface area contributed by atoms with Gasteiger partial charge >= 0.3 is 0 Å². The van der Waals surface area contributed by atoms with Crippen molar-refractivity contribution in [2.24, 2.45) is 0 Å². The van der Waals surface area contributed by atoms with Gasteiger partial charge in [0, 0.05) is 35.7 Å². The molecule has 0 spiro atoms. The minimum Gasteiger partial charge on any atom is -0.379 e. The number of benzene rings is 1. The van der Waals surface area contributed by atoms with Gasteiger partial charge in [-0.25, -0.2) is 13.4 Å². The van der Waals surface area contributed by atoms with Gasteiger partial charge in [-0.2, -0.15) is 4.31 Å². The summed E-state index contributed by atoms with van der Waals surface area (Å²) in [6, 6.07) is 8.67. The topological polar surface area (TPSA) is 110 Å². The zero-order chi connectivity index (χ0) is 22.9. The summed E-state index contributed by atoms with van der Waals surface area (Å²) in [7, 11) is -3.61. The molecule has 0 amide bonds. The molecular weight excluding hydrogens is 450 g/mol. The Morgan fingerprint density at radius 2 is 1.94 bits per heavy atom. The number of thioether (sulfide) groups is 1. The summed E-state index contributed by atoms with van der Waals surface area (Å²) < 4.78 is 34.8. The maximum Gasteiger partial charge on any atom is 0.243 e. The minimum atomic E-state index is -3.61. The van der Waals surface area contributed by atoms with Crippen molar-refractivity contribution in [3.63, 3.8) is 0 Å². The Balaban J connectivity index is 1.60. The van der Waals surface area contributed by atoms with Crippen LogP contribution in [0.1, 0.15) is 27.6 Å². The number of rotatable bonds is 7. The number of sulfonamides is 1. The van der Waals surface area contributed by atoms with Gasteiger partial charge in [-0.05, 0) is 45.0 Å². The summed E-state index contributed by atoms with van der Waals surface area (Å²) in [6.45, 7) is 7.05. The summed E-state index contributed by atoms with van der Waals surface area (Å²) in [5.41, 5.74) is 2.92. The second-order valence-electron chi connectivity index (χ2n) is 7.55. The standard InChI is InChI=1S/C21H25N5O4S2/c1-14-11-19(20(27)13-31-21-22-16(3)23-24-21)15(2)26(14)17-5-4-6-18(12-17)32(28,29)25-7-9-30-10-8-25/h4-6,11-12H,7-10,13H2,1-3H3,(H,22,23,24). The fourth-order valence-electron chi connectivity index (χ4n) is 3.76. The molecule has 9 nitrogen and oxygen atoms in total. The zero-order valence-corrected chi connectivity index (χ0v) is 19.8. The lowest BCUT2D eigenvalue weighted by atomic mass is 10.2. The molecule has 1 aliphatic heterocycles. The van der Waals surface area contributed by atoms with E-state index in [2.05, 4.69) is 15.2 Å². The lowest BCUT2D eigenvalue weighted by molar-refractivity contribution is 0.0730. The maximum atomic E-state index is 13.1. The number of aromatic amines is 1. The Morgan fingerprint density at radius 3 is 2.62 bits per heavy atom. The van der Waals surface area contributed by atoms with Crippen molar-refractivity contribution < 1.29 is 17.9 Å². The third-order valence-electron chi connectivity index (χ3n) is 5.32. The second-order valence-corrected chi connectivity index (χ2v) is 10.4. The first-order valence-electron chi connectivity index (χ1n) is 10.2. The number of nitrogens with one attached hydrogen (secondary N) is 1. The molecule has 4 rings (SSSR count). The Bertz CT molecular complexity index is 1240. The van der Waals surface area contributed by atoms with Crippen molar-refractivity contribution in [2.45, 2.75) is 30.8 Å². The van der Waals surface area contributed by atoms with Crippen molar-refractivity contribution in [3.05, 3.63) is 53.1 Å². The van der Waals surface area contributed by atoms with Crippen molar-refractivity contribution in [3.8, 4) is 5.69 Å². The summed E-state index contributed by atoms with van der Waals surface area (Å²) >= 11 is 1.28. The van der Waals surface area contributed by atoms with E-state index in [1.807, 2.05) is 30.5 Å². The summed E-state index contributed by atoms with van der Waals surface area (Å²) in [4.78, 5) is 17.3. The van der Waals surface area contributed by atoms with Gasteiger partial charge in [0.05, 0.1) is 23.9 Å². The molecule has 1 fully saturated rings. The van der Waals surface area contributed by atoms with Crippen LogP contribution in [0.4, 0.5) is 0 Å². The minimum absolute atomic E-state index is 0.0334. The number of carbonyl (C=O) groups excluding carboxylic acids is 1. The Kier molecular flexibility index (Phi) is 6.52. The number of Topliss-reactive ketones (excluding diaryl/α,β-unsaturated/α-hetero) is 1. The fourth-order valence-corrected chi connectivity index (χ4v) is 5.93. The van der Waals surface area contributed by atoms with Crippen LogP contribution >= 0.6 is 11.8 Å². The Labute approximate surface area is 191 Å². The van der Waals surface area contributed by atoms with Crippen molar-refractivity contribution in [2.75, 3.05) is 32.1 Å². The van der Waals surface area contributed by atoms with E-state index in [-0.39, 0.29) is 16.4 Å². The molecule has 0 radical (unpaired) electrons. The highest BCUT2D eigenvalue weighted by Crippen LogP contribution is 2.26. The van der Waals surface area contributed by atoms with Crippen LogP contribution in [0.3, 0.4) is 0 Å². The van der Waals surface area contributed by atoms with Crippen LogP contribution in [-0.2, 0) is 14.8 Å². The number of H-pyrrole nitrogens is 1. The number of aryl methyl sites for hydroxylation is 2. The van der Waals surface area contributed by atoms with Crippen LogP contribution in [0, 0.1) is 20.8 Å². The number of carbonyl (C=O) groups is 1. The number of nitrogens with zero attached hydrogens (tertiary/aromatic N) is 4. The van der Waals surface area contributed by atoms with Crippen LogP contribution in [0.15, 0.2) is 40.4 Å². The van der Waals surface area contributed by atoms with Gasteiger partial charge in [0.25, 0.3) is 0 Å². The van der Waals surface area contributed by atoms with Gasteiger partial charge in [0.15, 0.2) is 5.78 Å². The predicted octanol–water partition coefficient (Wildman–Crippen LogP) is 2.52. The lowest BCUT2D eigenvalue weighted by Crippen LogP contribution is -2.40. The van der Waals surface area contributed by atoms with Crippen LogP contribution in [0.25, 0.3) is 5.69 Å². The average Bonchev–Trinajstić information content (AvgIpc) is 3.34. The van der Waals surface area contributed by atoms with E-state index in [1.54, 1.807) is 25.1 Å². The number of hydrogen-bond donors (Lipinski definition) is 1. The second kappa shape index (κ2) is 9.18. The highest BCUT2D eigenvalue weighted by molar-refractivity contribution is 7.99. The quantitative estimate of drug-likeness (QED) is 0.413. The molecule has 0 bridgehead atoms. The smallest absolute Gasteiger partial charge is 0.243 e. The van der Waals surface area contributed by atoms with E-state index >= 15 is 0 Å². The Hall–Kier alpha value is -2.47. The normalized spacial score (nSPS) is 15.2. The molecule has 170 valence electrons. The number of ether oxygens (including phenoxy) is 1. The summed E-state index contributed by atoms with van der Waals surface area (Å²) in [5.74, 6) is 0.881. The molecule has 3 aromatic rings. The summed E-state index contributed by atoms with van der Waals surface area (Å²) in [6.07, 6.45) is 0. The van der Waals surface area contributed by atoms with Gasteiger partial charge in [-0.1, -0.05) is 17.8 Å². The Morgan fingerprint density at radius 1 is 1.19 bits per heavy atom. The van der Waals surface area contributed by atoms with Crippen molar-refractivity contribution in [1.29, 1.82) is 0 Å². The molecule has 0 aliphatic carbocycles. The van der Waals surface area contributed by atoms with E-state index in [1.165, 1.54) is 16.1 Å². The van der Waals surface area contributed by atoms with Gasteiger partial charge in [-0.15, -0.1) is 5.10 Å². The first-order chi connectivity index (χ1) is 15.3. The molecular formula is C21H25N5O4S2. The number of morpholine rings is 1. The molecule has 2 aromatic heterocycles. The monoisotopic (exact) mass is 475 g/mol. The van der Waals surface area contributed by atoms with Crippen LogP contribution in [0.2, 0.25) is 0 Å². The van der Waals surface area contributed by atoms with E-state index in [4.69, 9.17) is 4.74 Å².